The summed E-state index contributed by atoms with van der Waals surface area (Å²) in [5.74, 6) is -4.75. The second kappa shape index (κ2) is 9.56. The number of pyridine rings is 1. The highest BCUT2D eigenvalue weighted by molar-refractivity contribution is 6.30. The quantitative estimate of drug-likeness (QED) is 0.460. The fraction of sp³-hybridized carbons (Fsp3) is 0.429. The molecule has 1 amide bonds. The molecule has 3 aromatic rings. The smallest absolute Gasteiger partial charge is 0.419 e. The lowest BCUT2D eigenvalue weighted by Crippen LogP contribution is -2.57. The highest BCUT2D eigenvalue weighted by Crippen LogP contribution is 2.36. The minimum atomic E-state index is -4.63. The molecular weight excluding hydrogens is 513 g/mol. The van der Waals surface area contributed by atoms with Crippen LogP contribution < -0.4 is 4.74 Å². The third kappa shape index (κ3) is 5.53. The van der Waals surface area contributed by atoms with E-state index in [0.29, 0.717) is 17.4 Å². The van der Waals surface area contributed by atoms with Crippen LogP contribution in [-0.2, 0) is 13.2 Å². The molecule has 4 rings (SSSR count). The highest BCUT2D eigenvalue weighted by Gasteiger charge is 2.47. The van der Waals surface area contributed by atoms with E-state index in [0.717, 1.165) is 9.70 Å². The number of hydrogen-bond acceptors (Lipinski definition) is 7. The van der Waals surface area contributed by atoms with Crippen molar-refractivity contribution in [2.24, 2.45) is 13.0 Å². The van der Waals surface area contributed by atoms with E-state index in [1.165, 1.54) is 32.3 Å². The minimum absolute atomic E-state index is 0.0754. The van der Waals surface area contributed by atoms with Gasteiger partial charge in [-0.05, 0) is 18.1 Å². The molecule has 0 bridgehead atoms. The van der Waals surface area contributed by atoms with E-state index in [2.05, 4.69) is 25.1 Å². The van der Waals surface area contributed by atoms with Crippen molar-refractivity contribution < 1.29 is 31.5 Å². The van der Waals surface area contributed by atoms with Crippen molar-refractivity contribution in [3.05, 3.63) is 47.0 Å². The van der Waals surface area contributed by atoms with Gasteiger partial charge in [0.05, 0.1) is 28.9 Å². The number of amides is 1. The molecule has 1 aliphatic heterocycles. The first-order valence-electron chi connectivity index (χ1n) is 10.6. The standard InChI is InChI=1S/C21H19ClF5N7O2/c1-11-5-20(23,24)10-34(15(11)9-36-19-29-6-12(7-30-19)21(25,26)27)18(35)17-16(31-33(2)32-17)14-4-3-13(22)8-28-14/h3-4,6-8,11,15H,5,9-10H2,1-2H3/t11-,15?/m1/s1. The molecule has 0 aromatic carbocycles. The van der Waals surface area contributed by atoms with Gasteiger partial charge in [-0.2, -0.15) is 23.1 Å². The van der Waals surface area contributed by atoms with E-state index in [-0.39, 0.29) is 29.7 Å². The molecule has 1 saturated heterocycles. The van der Waals surface area contributed by atoms with Crippen LogP contribution in [0.25, 0.3) is 11.4 Å². The minimum Gasteiger partial charge on any atom is -0.461 e. The lowest BCUT2D eigenvalue weighted by Gasteiger charge is -2.42. The summed E-state index contributed by atoms with van der Waals surface area (Å²) in [5.41, 5.74) is -0.929. The zero-order valence-electron chi connectivity index (χ0n) is 18.9. The van der Waals surface area contributed by atoms with E-state index in [1.54, 1.807) is 0 Å². The summed E-state index contributed by atoms with van der Waals surface area (Å²) in [6.45, 7) is 0.276. The van der Waals surface area contributed by atoms with Crippen molar-refractivity contribution in [3.63, 3.8) is 0 Å². The van der Waals surface area contributed by atoms with Gasteiger partial charge < -0.3 is 9.64 Å². The Morgan fingerprint density at radius 3 is 2.47 bits per heavy atom. The van der Waals surface area contributed by atoms with Crippen LogP contribution in [0.1, 0.15) is 29.4 Å². The number of alkyl halides is 5. The molecule has 0 radical (unpaired) electrons. The first kappa shape index (κ1) is 25.7. The predicted octanol–water partition coefficient (Wildman–Crippen LogP) is 3.90. The Hall–Kier alpha value is -3.42. The van der Waals surface area contributed by atoms with Crippen molar-refractivity contribution in [2.75, 3.05) is 13.2 Å². The van der Waals surface area contributed by atoms with Crippen LogP contribution in [0.15, 0.2) is 30.7 Å². The van der Waals surface area contributed by atoms with Gasteiger partial charge in [0.1, 0.15) is 12.3 Å². The van der Waals surface area contributed by atoms with E-state index >= 15 is 0 Å². The lowest BCUT2D eigenvalue weighted by atomic mass is 9.88. The number of carbonyl (C=O) groups is 1. The van der Waals surface area contributed by atoms with Gasteiger partial charge in [0.25, 0.3) is 11.8 Å². The number of rotatable bonds is 5. The number of hydrogen-bond donors (Lipinski definition) is 0. The summed E-state index contributed by atoms with van der Waals surface area (Å²) < 4.78 is 72.6. The largest absolute Gasteiger partial charge is 0.461 e. The van der Waals surface area contributed by atoms with Gasteiger partial charge in [0.15, 0.2) is 5.69 Å². The Morgan fingerprint density at radius 1 is 1.17 bits per heavy atom. The van der Waals surface area contributed by atoms with E-state index in [1.807, 2.05) is 0 Å². The Kier molecular flexibility index (Phi) is 6.82. The van der Waals surface area contributed by atoms with Gasteiger partial charge in [0, 0.05) is 32.1 Å². The zero-order valence-corrected chi connectivity index (χ0v) is 19.6. The SMILES string of the molecule is C[C@@H]1CC(F)(F)CN(C(=O)c2nn(C)nc2-c2ccc(Cl)cn2)C1COc1ncc(C(F)(F)F)cn1. The number of ether oxygens (including phenoxy) is 1. The third-order valence-electron chi connectivity index (χ3n) is 5.57. The van der Waals surface area contributed by atoms with E-state index < -0.39 is 48.5 Å². The third-order valence-corrected chi connectivity index (χ3v) is 5.79. The summed E-state index contributed by atoms with van der Waals surface area (Å²) in [4.78, 5) is 26.7. The summed E-state index contributed by atoms with van der Waals surface area (Å²) >= 11 is 5.87. The molecule has 192 valence electrons. The first-order chi connectivity index (χ1) is 16.8. The average Bonchev–Trinajstić information content (AvgIpc) is 3.19. The van der Waals surface area contributed by atoms with Crippen LogP contribution in [0.3, 0.4) is 0 Å². The number of aryl methyl sites for hydroxylation is 1. The number of halogens is 6. The summed E-state index contributed by atoms with van der Waals surface area (Å²) in [7, 11) is 1.46. The molecule has 36 heavy (non-hydrogen) atoms. The van der Waals surface area contributed by atoms with Gasteiger partial charge in [-0.25, -0.2) is 18.7 Å². The molecule has 0 N–H and O–H groups in total. The van der Waals surface area contributed by atoms with Gasteiger partial charge in [-0.15, -0.1) is 5.10 Å². The number of likely N-dealkylation sites (tertiary alicyclic amines) is 1. The van der Waals surface area contributed by atoms with Crippen LogP contribution in [0, 0.1) is 5.92 Å². The van der Waals surface area contributed by atoms with Crippen LogP contribution in [-0.4, -0.2) is 65.9 Å². The van der Waals surface area contributed by atoms with Crippen LogP contribution in [0.2, 0.25) is 5.02 Å². The Bertz CT molecular complexity index is 1230. The maximum atomic E-state index is 14.5. The molecule has 1 fully saturated rings. The second-order valence-corrected chi connectivity index (χ2v) is 8.79. The molecule has 0 aliphatic carbocycles. The number of aromatic nitrogens is 6. The molecule has 15 heteroatoms. The molecule has 9 nitrogen and oxygen atoms in total. The van der Waals surface area contributed by atoms with E-state index in [9.17, 15) is 26.7 Å². The number of piperidine rings is 1. The molecule has 3 aromatic heterocycles. The molecule has 4 heterocycles. The summed E-state index contributed by atoms with van der Waals surface area (Å²) in [5, 5.41) is 8.57. The Balaban J connectivity index is 1.60. The van der Waals surface area contributed by atoms with Crippen molar-refractivity contribution in [1.29, 1.82) is 0 Å². The van der Waals surface area contributed by atoms with Crippen molar-refractivity contribution in [2.45, 2.75) is 31.5 Å². The monoisotopic (exact) mass is 531 g/mol. The number of carbonyl (C=O) groups excluding carboxylic acids is 1. The molecule has 0 spiro atoms. The maximum Gasteiger partial charge on any atom is 0.419 e. The molecule has 0 saturated carbocycles. The predicted molar refractivity (Wildman–Crippen MR) is 115 cm³/mol. The van der Waals surface area contributed by atoms with Crippen molar-refractivity contribution in [3.8, 4) is 17.4 Å². The van der Waals surface area contributed by atoms with Crippen LogP contribution in [0.4, 0.5) is 22.0 Å². The highest BCUT2D eigenvalue weighted by atomic mass is 35.5. The average molecular weight is 532 g/mol. The summed E-state index contributed by atoms with van der Waals surface area (Å²) in [6, 6.07) is 1.78. The fourth-order valence-electron chi connectivity index (χ4n) is 3.89. The fourth-order valence-corrected chi connectivity index (χ4v) is 4.01. The van der Waals surface area contributed by atoms with Crippen molar-refractivity contribution in [1.82, 2.24) is 34.8 Å². The maximum absolute atomic E-state index is 14.5. The van der Waals surface area contributed by atoms with Crippen LogP contribution >= 0.6 is 11.6 Å². The summed E-state index contributed by atoms with van der Waals surface area (Å²) in [6.07, 6.45) is -2.70. The Morgan fingerprint density at radius 2 is 1.86 bits per heavy atom. The van der Waals surface area contributed by atoms with Gasteiger partial charge in [-0.1, -0.05) is 18.5 Å². The van der Waals surface area contributed by atoms with Gasteiger partial charge in [0.2, 0.25) is 0 Å². The molecule has 1 unspecified atom stereocenters. The lowest BCUT2D eigenvalue weighted by molar-refractivity contribution is -0.138. The van der Waals surface area contributed by atoms with Gasteiger partial charge in [-0.3, -0.25) is 9.78 Å². The molecule has 2 atom stereocenters. The topological polar surface area (TPSA) is 98.9 Å². The number of nitrogens with zero attached hydrogens (tertiary/aromatic N) is 7. The zero-order chi connectivity index (χ0) is 26.3. The van der Waals surface area contributed by atoms with Crippen molar-refractivity contribution >= 4 is 17.5 Å². The normalized spacial score (nSPS) is 19.8. The van der Waals surface area contributed by atoms with Crippen LogP contribution in [0.5, 0.6) is 6.01 Å². The van der Waals surface area contributed by atoms with Gasteiger partial charge >= 0.3 is 12.2 Å². The second-order valence-electron chi connectivity index (χ2n) is 8.35. The molecular formula is C21H19ClF5N7O2. The van der Waals surface area contributed by atoms with E-state index in [4.69, 9.17) is 16.3 Å². The first-order valence-corrected chi connectivity index (χ1v) is 11.0. The molecule has 1 aliphatic rings. The Labute approximate surface area is 206 Å².